The fraction of sp³-hybridized carbons (Fsp3) is 0. The first-order valence-corrected chi connectivity index (χ1v) is 5.90. The molecule has 0 atom stereocenters. The largest absolute Gasteiger partial charge is 0.397 e. The van der Waals surface area contributed by atoms with Gasteiger partial charge < -0.3 is 5.73 Å². The van der Waals surface area contributed by atoms with E-state index in [1.54, 1.807) is 17.5 Å². The summed E-state index contributed by atoms with van der Waals surface area (Å²) in [6.45, 7) is 0. The Morgan fingerprint density at radius 3 is 2.61 bits per heavy atom. The number of halogens is 2. The highest BCUT2D eigenvalue weighted by Gasteiger charge is 2.13. The van der Waals surface area contributed by atoms with E-state index in [1.807, 2.05) is 6.07 Å². The van der Waals surface area contributed by atoms with Crippen molar-refractivity contribution in [1.82, 2.24) is 0 Å². The molecule has 0 radical (unpaired) electrons. The van der Waals surface area contributed by atoms with E-state index in [1.165, 1.54) is 17.4 Å². The summed E-state index contributed by atoms with van der Waals surface area (Å²) in [6, 6.07) is 8.51. The Balaban J connectivity index is 2.58. The van der Waals surface area contributed by atoms with Crippen molar-refractivity contribution in [2.24, 2.45) is 5.73 Å². The summed E-state index contributed by atoms with van der Waals surface area (Å²) < 4.78 is 26.4. The summed E-state index contributed by atoms with van der Waals surface area (Å²) >= 11 is 1.33. The molecule has 90 valence electrons. The molecule has 0 aliphatic rings. The standard InChI is InChI=1S/C13H8F2N2S/c14-8-3-4-9(11(15)6-8)13(17)10(7-16)12-2-1-5-18-12/h1-6H,17H2/b13-10-. The van der Waals surface area contributed by atoms with Crippen molar-refractivity contribution in [2.75, 3.05) is 0 Å². The van der Waals surface area contributed by atoms with Gasteiger partial charge in [-0.15, -0.1) is 11.3 Å². The van der Waals surface area contributed by atoms with E-state index in [0.717, 1.165) is 12.1 Å². The van der Waals surface area contributed by atoms with Crippen LogP contribution in [0.3, 0.4) is 0 Å². The second-order valence-corrected chi connectivity index (χ2v) is 4.45. The van der Waals surface area contributed by atoms with Crippen molar-refractivity contribution in [3.8, 4) is 6.07 Å². The van der Waals surface area contributed by atoms with E-state index in [4.69, 9.17) is 11.0 Å². The van der Waals surface area contributed by atoms with Gasteiger partial charge in [0.1, 0.15) is 17.7 Å². The average Bonchev–Trinajstić information content (AvgIpc) is 2.83. The second kappa shape index (κ2) is 4.98. The molecule has 0 saturated heterocycles. The summed E-state index contributed by atoms with van der Waals surface area (Å²) in [7, 11) is 0. The molecular formula is C13H8F2N2S. The van der Waals surface area contributed by atoms with E-state index >= 15 is 0 Å². The lowest BCUT2D eigenvalue weighted by molar-refractivity contribution is 0.581. The number of nitrogens with two attached hydrogens (primary N) is 1. The van der Waals surface area contributed by atoms with Crippen LogP contribution in [0.1, 0.15) is 10.4 Å². The van der Waals surface area contributed by atoms with Crippen LogP contribution in [0.25, 0.3) is 11.3 Å². The number of allylic oxidation sites excluding steroid dienone is 1. The number of hydrogen-bond acceptors (Lipinski definition) is 3. The molecule has 0 aliphatic heterocycles. The topological polar surface area (TPSA) is 49.8 Å². The van der Waals surface area contributed by atoms with Crippen molar-refractivity contribution >= 4 is 22.6 Å². The third kappa shape index (κ3) is 2.24. The Morgan fingerprint density at radius 2 is 2.06 bits per heavy atom. The van der Waals surface area contributed by atoms with Gasteiger partial charge in [0, 0.05) is 16.5 Å². The van der Waals surface area contributed by atoms with Gasteiger partial charge in [0.2, 0.25) is 0 Å². The molecule has 5 heteroatoms. The first kappa shape index (κ1) is 12.3. The van der Waals surface area contributed by atoms with Gasteiger partial charge in [-0.3, -0.25) is 0 Å². The van der Waals surface area contributed by atoms with Gasteiger partial charge in [0.15, 0.2) is 0 Å². The van der Waals surface area contributed by atoms with Crippen LogP contribution in [-0.4, -0.2) is 0 Å². The Hall–Kier alpha value is -2.19. The second-order valence-electron chi connectivity index (χ2n) is 3.50. The molecule has 2 aromatic rings. The maximum absolute atomic E-state index is 13.6. The Bertz CT molecular complexity index is 640. The zero-order valence-corrected chi connectivity index (χ0v) is 9.97. The van der Waals surface area contributed by atoms with Crippen molar-refractivity contribution in [3.05, 3.63) is 57.8 Å². The van der Waals surface area contributed by atoms with Crippen molar-refractivity contribution < 1.29 is 8.78 Å². The molecule has 0 fully saturated rings. The maximum atomic E-state index is 13.6. The summed E-state index contributed by atoms with van der Waals surface area (Å²) in [5, 5.41) is 10.9. The first-order chi connectivity index (χ1) is 8.63. The van der Waals surface area contributed by atoms with Gasteiger partial charge in [-0.05, 0) is 23.6 Å². The average molecular weight is 262 g/mol. The lowest BCUT2D eigenvalue weighted by atomic mass is 10.1. The first-order valence-electron chi connectivity index (χ1n) is 5.02. The van der Waals surface area contributed by atoms with Gasteiger partial charge in [-0.1, -0.05) is 6.07 Å². The third-order valence-corrected chi connectivity index (χ3v) is 3.26. The maximum Gasteiger partial charge on any atom is 0.135 e. The van der Waals surface area contributed by atoms with Crippen molar-refractivity contribution in [1.29, 1.82) is 5.26 Å². The van der Waals surface area contributed by atoms with Crippen molar-refractivity contribution in [3.63, 3.8) is 0 Å². The molecular weight excluding hydrogens is 254 g/mol. The smallest absolute Gasteiger partial charge is 0.135 e. The van der Waals surface area contributed by atoms with Crippen molar-refractivity contribution in [2.45, 2.75) is 0 Å². The fourth-order valence-electron chi connectivity index (χ4n) is 1.51. The van der Waals surface area contributed by atoms with Gasteiger partial charge >= 0.3 is 0 Å². The van der Waals surface area contributed by atoms with Crippen LogP contribution in [0.5, 0.6) is 0 Å². The predicted molar refractivity (Wildman–Crippen MR) is 67.3 cm³/mol. The lowest BCUT2D eigenvalue weighted by Crippen LogP contribution is -2.02. The van der Waals surface area contributed by atoms with E-state index < -0.39 is 11.6 Å². The molecule has 0 aliphatic carbocycles. The molecule has 2 nitrogen and oxygen atoms in total. The highest BCUT2D eigenvalue weighted by molar-refractivity contribution is 7.11. The molecule has 0 unspecified atom stereocenters. The summed E-state index contributed by atoms with van der Waals surface area (Å²) in [4.78, 5) is 0.652. The number of nitriles is 1. The van der Waals surface area contributed by atoms with Crippen LogP contribution in [0, 0.1) is 23.0 Å². The van der Waals surface area contributed by atoms with Crippen LogP contribution in [-0.2, 0) is 0 Å². The highest BCUT2D eigenvalue weighted by atomic mass is 32.1. The van der Waals surface area contributed by atoms with Crippen LogP contribution >= 0.6 is 11.3 Å². The van der Waals surface area contributed by atoms with Crippen LogP contribution in [0.4, 0.5) is 8.78 Å². The van der Waals surface area contributed by atoms with Crippen LogP contribution in [0.15, 0.2) is 35.7 Å². The minimum absolute atomic E-state index is 0.0115. The monoisotopic (exact) mass is 262 g/mol. The van der Waals surface area contributed by atoms with Gasteiger partial charge in [0.05, 0.1) is 11.3 Å². The minimum Gasteiger partial charge on any atom is -0.397 e. The number of thiophene rings is 1. The SMILES string of the molecule is N#C/C(=C(/N)c1ccc(F)cc1F)c1cccs1. The fourth-order valence-corrected chi connectivity index (χ4v) is 2.25. The van der Waals surface area contributed by atoms with E-state index in [-0.39, 0.29) is 16.8 Å². The van der Waals surface area contributed by atoms with E-state index in [2.05, 4.69) is 0 Å². The van der Waals surface area contributed by atoms with Gasteiger partial charge in [-0.2, -0.15) is 5.26 Å². The van der Waals surface area contributed by atoms with E-state index in [9.17, 15) is 8.78 Å². The molecule has 0 saturated carbocycles. The minimum atomic E-state index is -0.781. The Labute approximate surface area is 107 Å². The predicted octanol–water partition coefficient (Wildman–Crippen LogP) is 3.38. The molecule has 1 aromatic heterocycles. The number of nitrogens with zero attached hydrogens (tertiary/aromatic N) is 1. The number of benzene rings is 1. The van der Waals surface area contributed by atoms with Gasteiger partial charge in [-0.25, -0.2) is 8.78 Å². The van der Waals surface area contributed by atoms with Gasteiger partial charge in [0.25, 0.3) is 0 Å². The Kier molecular flexibility index (Phi) is 3.40. The quantitative estimate of drug-likeness (QED) is 0.843. The number of hydrogen-bond donors (Lipinski definition) is 1. The lowest BCUT2D eigenvalue weighted by Gasteiger charge is -2.06. The molecule has 2 N–H and O–H groups in total. The molecule has 0 amide bonds. The highest BCUT2D eigenvalue weighted by Crippen LogP contribution is 2.27. The zero-order valence-electron chi connectivity index (χ0n) is 9.15. The Morgan fingerprint density at radius 1 is 1.28 bits per heavy atom. The van der Waals surface area contributed by atoms with E-state index in [0.29, 0.717) is 4.88 Å². The normalized spacial score (nSPS) is 11.8. The summed E-state index contributed by atoms with van der Waals surface area (Å²) in [5.74, 6) is -1.46. The van der Waals surface area contributed by atoms with Crippen LogP contribution in [0.2, 0.25) is 0 Å². The molecule has 0 spiro atoms. The van der Waals surface area contributed by atoms with Crippen LogP contribution < -0.4 is 5.73 Å². The third-order valence-electron chi connectivity index (χ3n) is 2.37. The zero-order chi connectivity index (χ0) is 13.1. The molecule has 18 heavy (non-hydrogen) atoms. The summed E-state index contributed by atoms with van der Waals surface area (Å²) in [5.41, 5.74) is 6.02. The summed E-state index contributed by atoms with van der Waals surface area (Å²) in [6.07, 6.45) is 0. The molecule has 1 aromatic carbocycles. The number of rotatable bonds is 2. The molecule has 1 heterocycles. The molecule has 0 bridgehead atoms. The molecule has 2 rings (SSSR count).